The van der Waals surface area contributed by atoms with E-state index in [0.29, 0.717) is 0 Å². The van der Waals surface area contributed by atoms with Gasteiger partial charge in [-0.05, 0) is 57.0 Å². The molecule has 1 saturated heterocycles. The van der Waals surface area contributed by atoms with E-state index in [-0.39, 0.29) is 0 Å². The molecule has 1 saturated carbocycles. The van der Waals surface area contributed by atoms with Gasteiger partial charge in [-0.1, -0.05) is 20.8 Å². The minimum atomic E-state index is 0.773. The zero-order valence-electron chi connectivity index (χ0n) is 14.6. The first-order valence-electron chi connectivity index (χ1n) is 9.41. The van der Waals surface area contributed by atoms with Crippen molar-refractivity contribution >= 4 is 0 Å². The number of piperazine rings is 1. The van der Waals surface area contributed by atoms with Crippen molar-refractivity contribution in [2.45, 2.75) is 58.9 Å². The molecule has 1 aliphatic carbocycles. The van der Waals surface area contributed by atoms with Gasteiger partial charge in [0.1, 0.15) is 0 Å². The van der Waals surface area contributed by atoms with Crippen LogP contribution in [0.15, 0.2) is 0 Å². The van der Waals surface area contributed by atoms with Gasteiger partial charge in [-0.15, -0.1) is 0 Å². The first-order chi connectivity index (χ1) is 10.2. The minimum absolute atomic E-state index is 0.773. The Kier molecular flexibility index (Phi) is 7.48. The van der Waals surface area contributed by atoms with Crippen LogP contribution in [0.25, 0.3) is 0 Å². The van der Waals surface area contributed by atoms with Gasteiger partial charge in [-0.25, -0.2) is 0 Å². The normalized spacial score (nSPS) is 32.4. The Balaban J connectivity index is 1.78. The van der Waals surface area contributed by atoms with Crippen LogP contribution in [0.4, 0.5) is 0 Å². The van der Waals surface area contributed by atoms with Crippen LogP contribution in [0.1, 0.15) is 52.9 Å². The van der Waals surface area contributed by atoms with Gasteiger partial charge in [0.25, 0.3) is 0 Å². The summed E-state index contributed by atoms with van der Waals surface area (Å²) in [6.07, 6.45) is 6.79. The monoisotopic (exact) mass is 295 g/mol. The molecule has 2 aliphatic rings. The van der Waals surface area contributed by atoms with Crippen LogP contribution >= 0.6 is 0 Å². The van der Waals surface area contributed by atoms with Gasteiger partial charge in [-0.3, -0.25) is 0 Å². The molecular weight excluding hydrogens is 258 g/mol. The fraction of sp³-hybridized carbons (Fsp3) is 1.00. The lowest BCUT2D eigenvalue weighted by Crippen LogP contribution is -2.51. The first kappa shape index (κ1) is 17.2. The Labute approximate surface area is 132 Å². The molecule has 124 valence electrons. The summed E-state index contributed by atoms with van der Waals surface area (Å²) in [6, 6.07) is 0.773. The van der Waals surface area contributed by atoms with Crippen molar-refractivity contribution in [3.8, 4) is 0 Å². The van der Waals surface area contributed by atoms with E-state index >= 15 is 0 Å². The molecule has 0 spiro atoms. The maximum absolute atomic E-state index is 3.82. The van der Waals surface area contributed by atoms with Gasteiger partial charge in [0.2, 0.25) is 0 Å². The summed E-state index contributed by atoms with van der Waals surface area (Å²) in [5.41, 5.74) is 0. The molecule has 0 aromatic carbocycles. The summed E-state index contributed by atoms with van der Waals surface area (Å²) in [5, 5.41) is 3.82. The number of hydrogen-bond acceptors (Lipinski definition) is 3. The number of nitrogens with one attached hydrogen (secondary N) is 1. The van der Waals surface area contributed by atoms with Crippen LogP contribution in [0.5, 0.6) is 0 Å². The van der Waals surface area contributed by atoms with E-state index in [1.165, 1.54) is 77.9 Å². The summed E-state index contributed by atoms with van der Waals surface area (Å²) in [4.78, 5) is 5.36. The predicted octanol–water partition coefficient (Wildman–Crippen LogP) is 2.82. The highest BCUT2D eigenvalue weighted by atomic mass is 15.3. The Hall–Kier alpha value is -0.120. The molecule has 2 rings (SSSR count). The van der Waals surface area contributed by atoms with E-state index in [1.54, 1.807) is 0 Å². The molecule has 0 aromatic heterocycles. The number of rotatable bonds is 7. The van der Waals surface area contributed by atoms with E-state index in [2.05, 4.69) is 35.9 Å². The van der Waals surface area contributed by atoms with Crippen molar-refractivity contribution in [2.24, 2.45) is 11.8 Å². The van der Waals surface area contributed by atoms with Gasteiger partial charge < -0.3 is 15.1 Å². The quantitative estimate of drug-likeness (QED) is 0.779. The molecule has 3 unspecified atom stereocenters. The Morgan fingerprint density at radius 2 is 1.67 bits per heavy atom. The topological polar surface area (TPSA) is 18.5 Å². The second-order valence-electron chi connectivity index (χ2n) is 7.38. The van der Waals surface area contributed by atoms with Crippen LogP contribution in [0, 0.1) is 11.8 Å². The first-order valence-corrected chi connectivity index (χ1v) is 9.41. The van der Waals surface area contributed by atoms with E-state index in [1.807, 2.05) is 0 Å². The van der Waals surface area contributed by atoms with E-state index in [4.69, 9.17) is 0 Å². The summed E-state index contributed by atoms with van der Waals surface area (Å²) in [7, 11) is 0. The van der Waals surface area contributed by atoms with Crippen LogP contribution in [0.3, 0.4) is 0 Å². The van der Waals surface area contributed by atoms with Crippen molar-refractivity contribution in [1.82, 2.24) is 15.1 Å². The average Bonchev–Trinajstić information content (AvgIpc) is 2.49. The lowest BCUT2D eigenvalue weighted by atomic mass is 9.78. The largest absolute Gasteiger partial charge is 0.314 e. The fourth-order valence-electron chi connectivity index (χ4n) is 4.14. The van der Waals surface area contributed by atoms with Gasteiger partial charge in [0, 0.05) is 38.8 Å². The van der Waals surface area contributed by atoms with Crippen LogP contribution in [-0.2, 0) is 0 Å². The molecule has 21 heavy (non-hydrogen) atoms. The lowest BCUT2D eigenvalue weighted by molar-refractivity contribution is 0.0909. The van der Waals surface area contributed by atoms with E-state index in [9.17, 15) is 0 Å². The third-order valence-corrected chi connectivity index (χ3v) is 5.40. The molecule has 3 atom stereocenters. The third-order valence-electron chi connectivity index (χ3n) is 5.40. The SMILES string of the molecule is CCCNC1CCC(C)CC1CN1CCN(CCC)CC1. The predicted molar refractivity (Wildman–Crippen MR) is 91.8 cm³/mol. The molecule has 3 nitrogen and oxygen atoms in total. The lowest BCUT2D eigenvalue weighted by Gasteiger charge is -2.41. The van der Waals surface area contributed by atoms with Crippen molar-refractivity contribution < 1.29 is 0 Å². The Morgan fingerprint density at radius 1 is 0.952 bits per heavy atom. The molecule has 1 heterocycles. The van der Waals surface area contributed by atoms with Gasteiger partial charge in [0.15, 0.2) is 0 Å². The fourth-order valence-corrected chi connectivity index (χ4v) is 4.14. The Morgan fingerprint density at radius 3 is 2.33 bits per heavy atom. The highest BCUT2D eigenvalue weighted by molar-refractivity contribution is 4.86. The van der Waals surface area contributed by atoms with E-state index in [0.717, 1.165) is 17.9 Å². The summed E-state index contributed by atoms with van der Waals surface area (Å²) in [6.45, 7) is 16.0. The zero-order chi connectivity index (χ0) is 15.1. The zero-order valence-corrected chi connectivity index (χ0v) is 14.6. The summed E-state index contributed by atoms with van der Waals surface area (Å²) >= 11 is 0. The van der Waals surface area contributed by atoms with Crippen molar-refractivity contribution in [3.63, 3.8) is 0 Å². The number of hydrogen-bond donors (Lipinski definition) is 1. The second kappa shape index (κ2) is 9.12. The van der Waals surface area contributed by atoms with Gasteiger partial charge >= 0.3 is 0 Å². The molecular formula is C18H37N3. The van der Waals surface area contributed by atoms with Crippen LogP contribution < -0.4 is 5.32 Å². The molecule has 3 heteroatoms. The maximum atomic E-state index is 3.82. The van der Waals surface area contributed by atoms with Crippen molar-refractivity contribution in [1.29, 1.82) is 0 Å². The molecule has 1 N–H and O–H groups in total. The number of nitrogens with zero attached hydrogens (tertiary/aromatic N) is 2. The minimum Gasteiger partial charge on any atom is -0.314 e. The molecule has 0 bridgehead atoms. The van der Waals surface area contributed by atoms with Crippen molar-refractivity contribution in [3.05, 3.63) is 0 Å². The third kappa shape index (κ3) is 5.54. The van der Waals surface area contributed by atoms with Crippen molar-refractivity contribution in [2.75, 3.05) is 45.8 Å². The molecule has 0 aromatic rings. The average molecular weight is 296 g/mol. The standard InChI is InChI=1S/C18H37N3/c1-4-8-19-18-7-6-16(3)14-17(18)15-21-12-10-20(9-5-2)11-13-21/h16-19H,4-15H2,1-3H3. The summed E-state index contributed by atoms with van der Waals surface area (Å²) in [5.74, 6) is 1.80. The highest BCUT2D eigenvalue weighted by Gasteiger charge is 2.30. The molecule has 1 aliphatic heterocycles. The Bertz CT molecular complexity index is 272. The molecule has 0 radical (unpaired) electrons. The van der Waals surface area contributed by atoms with E-state index < -0.39 is 0 Å². The van der Waals surface area contributed by atoms with Gasteiger partial charge in [-0.2, -0.15) is 0 Å². The summed E-state index contributed by atoms with van der Waals surface area (Å²) < 4.78 is 0. The van der Waals surface area contributed by atoms with Gasteiger partial charge in [0.05, 0.1) is 0 Å². The van der Waals surface area contributed by atoms with Crippen LogP contribution in [0.2, 0.25) is 0 Å². The maximum Gasteiger partial charge on any atom is 0.0110 e. The molecule has 2 fully saturated rings. The molecule has 0 amide bonds. The second-order valence-corrected chi connectivity index (χ2v) is 7.38. The van der Waals surface area contributed by atoms with Crippen LogP contribution in [-0.4, -0.2) is 61.7 Å². The highest BCUT2D eigenvalue weighted by Crippen LogP contribution is 2.30. The smallest absolute Gasteiger partial charge is 0.0110 e.